The van der Waals surface area contributed by atoms with Gasteiger partial charge in [-0.05, 0) is 19.8 Å². The molecule has 0 spiro atoms. The molecule has 0 amide bonds. The van der Waals surface area contributed by atoms with Gasteiger partial charge in [-0.2, -0.15) is 0 Å². The Morgan fingerprint density at radius 3 is 2.80 bits per heavy atom. The normalized spacial score (nSPS) is 14.5. The Labute approximate surface area is 124 Å². The highest BCUT2D eigenvalue weighted by Gasteiger charge is 2.32. The lowest BCUT2D eigenvalue weighted by molar-refractivity contribution is 0.0700. The number of nitrogens with zero attached hydrogens (tertiary/aromatic N) is 3. The maximum Gasteiger partial charge on any atom is 0.347 e. The Kier molecular flexibility index (Phi) is 3.47. The minimum Gasteiger partial charge on any atom is -0.477 e. The molecule has 20 heavy (non-hydrogen) atoms. The third-order valence-corrected chi connectivity index (χ3v) is 5.19. The number of aromatic nitrogens is 2. The van der Waals surface area contributed by atoms with Crippen molar-refractivity contribution in [2.45, 2.75) is 32.2 Å². The average Bonchev–Trinajstić information content (AvgIpc) is 3.00. The van der Waals surface area contributed by atoms with Gasteiger partial charge in [0.1, 0.15) is 4.88 Å². The number of aromatic carboxylic acids is 1. The van der Waals surface area contributed by atoms with E-state index >= 15 is 0 Å². The summed E-state index contributed by atoms with van der Waals surface area (Å²) in [6.07, 6.45) is 2.11. The summed E-state index contributed by atoms with van der Waals surface area (Å²) in [7, 11) is 1.93. The van der Waals surface area contributed by atoms with Crippen LogP contribution in [-0.2, 0) is 6.54 Å². The minimum atomic E-state index is -0.867. The van der Waals surface area contributed by atoms with E-state index < -0.39 is 5.97 Å². The topological polar surface area (TPSA) is 66.3 Å². The van der Waals surface area contributed by atoms with Crippen molar-refractivity contribution in [3.63, 3.8) is 0 Å². The molecule has 0 aromatic carbocycles. The smallest absolute Gasteiger partial charge is 0.347 e. The Bertz CT molecular complexity index is 646. The molecule has 5 nitrogen and oxygen atoms in total. The van der Waals surface area contributed by atoms with Crippen molar-refractivity contribution >= 4 is 33.8 Å². The zero-order valence-electron chi connectivity index (χ0n) is 11.3. The van der Waals surface area contributed by atoms with Crippen molar-refractivity contribution in [3.05, 3.63) is 26.7 Å². The number of carboxylic acids is 1. The van der Waals surface area contributed by atoms with Crippen LogP contribution in [0.5, 0.6) is 0 Å². The maximum atomic E-state index is 11.3. The van der Waals surface area contributed by atoms with E-state index in [2.05, 4.69) is 9.97 Å². The Morgan fingerprint density at radius 2 is 2.25 bits per heavy atom. The van der Waals surface area contributed by atoms with Crippen LogP contribution in [0, 0.1) is 6.92 Å². The van der Waals surface area contributed by atoms with Crippen molar-refractivity contribution in [2.75, 3.05) is 11.9 Å². The molecule has 0 bridgehead atoms. The molecule has 1 saturated carbocycles. The van der Waals surface area contributed by atoms with Crippen molar-refractivity contribution in [3.8, 4) is 0 Å². The Morgan fingerprint density at radius 1 is 1.50 bits per heavy atom. The van der Waals surface area contributed by atoms with Gasteiger partial charge in [0.05, 0.1) is 22.9 Å². The van der Waals surface area contributed by atoms with Gasteiger partial charge in [0.2, 0.25) is 0 Å². The summed E-state index contributed by atoms with van der Waals surface area (Å²) in [4.78, 5) is 22.6. The first kappa shape index (κ1) is 13.5. The predicted octanol–water partition coefficient (Wildman–Crippen LogP) is 3.12. The summed E-state index contributed by atoms with van der Waals surface area (Å²) in [6, 6.07) is 0. The van der Waals surface area contributed by atoms with Gasteiger partial charge in [-0.3, -0.25) is 0 Å². The van der Waals surface area contributed by atoms with Gasteiger partial charge in [-0.1, -0.05) is 11.3 Å². The van der Waals surface area contributed by atoms with E-state index in [1.54, 1.807) is 11.3 Å². The summed E-state index contributed by atoms with van der Waals surface area (Å²) in [5.41, 5.74) is 1.76. The third-order valence-electron chi connectivity index (χ3n) is 3.19. The van der Waals surface area contributed by atoms with E-state index in [4.69, 9.17) is 0 Å². The molecule has 0 radical (unpaired) electrons. The number of hydrogen-bond acceptors (Lipinski definition) is 6. The summed E-state index contributed by atoms with van der Waals surface area (Å²) in [5.74, 6) is -0.519. The van der Waals surface area contributed by atoms with Gasteiger partial charge < -0.3 is 10.0 Å². The van der Waals surface area contributed by atoms with Gasteiger partial charge in [0, 0.05) is 18.3 Å². The molecule has 106 valence electrons. The van der Waals surface area contributed by atoms with Crippen LogP contribution >= 0.6 is 22.7 Å². The lowest BCUT2D eigenvalue weighted by atomic mass is 10.2. The zero-order chi connectivity index (χ0) is 14.3. The largest absolute Gasteiger partial charge is 0.477 e. The molecule has 0 atom stereocenters. The number of aryl methyl sites for hydroxylation is 1. The van der Waals surface area contributed by atoms with E-state index in [0.29, 0.717) is 17.3 Å². The number of rotatable bonds is 5. The molecule has 0 aliphatic heterocycles. The lowest BCUT2D eigenvalue weighted by Crippen LogP contribution is -2.16. The molecule has 7 heteroatoms. The second-order valence-corrected chi connectivity index (χ2v) is 7.04. The first-order valence-electron chi connectivity index (χ1n) is 6.40. The molecule has 1 aliphatic rings. The number of carboxylic acid groups (broad SMARTS) is 1. The Balaban J connectivity index is 1.82. The van der Waals surface area contributed by atoms with Crippen LogP contribution in [0.15, 0.2) is 5.38 Å². The fourth-order valence-electron chi connectivity index (χ4n) is 2.06. The fraction of sp³-hybridized carbons (Fsp3) is 0.462. The highest BCUT2D eigenvalue weighted by molar-refractivity contribution is 7.17. The molecule has 0 saturated heterocycles. The summed E-state index contributed by atoms with van der Waals surface area (Å²) in [5, 5.41) is 13.1. The van der Waals surface area contributed by atoms with Crippen LogP contribution in [0.25, 0.3) is 0 Å². The van der Waals surface area contributed by atoms with E-state index in [0.717, 1.165) is 34.4 Å². The molecule has 1 fully saturated rings. The molecule has 1 N–H and O–H groups in total. The van der Waals surface area contributed by atoms with Crippen LogP contribution in [0.4, 0.5) is 5.13 Å². The average molecular weight is 309 g/mol. The highest BCUT2D eigenvalue weighted by Crippen LogP contribution is 2.44. The summed E-state index contributed by atoms with van der Waals surface area (Å²) < 4.78 is 0. The Hall–Kier alpha value is -1.47. The summed E-state index contributed by atoms with van der Waals surface area (Å²) in [6.45, 7) is 2.63. The summed E-state index contributed by atoms with van der Waals surface area (Å²) >= 11 is 2.88. The van der Waals surface area contributed by atoms with Gasteiger partial charge in [-0.15, -0.1) is 11.3 Å². The fourth-order valence-corrected chi connectivity index (χ4v) is 3.62. The minimum absolute atomic E-state index is 0.348. The van der Waals surface area contributed by atoms with Crippen LogP contribution in [0.1, 0.15) is 44.8 Å². The number of hydrogen-bond donors (Lipinski definition) is 1. The monoisotopic (exact) mass is 309 g/mol. The van der Waals surface area contributed by atoms with Crippen LogP contribution in [-0.4, -0.2) is 28.1 Å². The number of anilines is 1. The quantitative estimate of drug-likeness (QED) is 0.919. The maximum absolute atomic E-state index is 11.3. The molecule has 1 aliphatic carbocycles. The van der Waals surface area contributed by atoms with Gasteiger partial charge in [-0.25, -0.2) is 14.8 Å². The standard InChI is InChI=1S/C13H15N3O2S2/c1-7-14-9(6-19-7)5-16(2)13-15-10(8-3-4-8)11(20-13)12(17)18/h6,8H,3-5H2,1-2H3,(H,17,18). The molecule has 0 unspecified atom stereocenters. The van der Waals surface area contributed by atoms with Crippen molar-refractivity contribution in [1.82, 2.24) is 9.97 Å². The molecule has 2 heterocycles. The third kappa shape index (κ3) is 2.69. The van der Waals surface area contributed by atoms with Gasteiger partial charge >= 0.3 is 5.97 Å². The van der Waals surface area contributed by atoms with E-state index in [1.165, 1.54) is 11.3 Å². The second-order valence-electron chi connectivity index (χ2n) is 5.00. The van der Waals surface area contributed by atoms with E-state index in [-0.39, 0.29) is 0 Å². The van der Waals surface area contributed by atoms with Crippen molar-refractivity contribution < 1.29 is 9.90 Å². The van der Waals surface area contributed by atoms with Crippen LogP contribution in [0.2, 0.25) is 0 Å². The molecule has 2 aromatic rings. The first-order valence-corrected chi connectivity index (χ1v) is 8.10. The lowest BCUT2D eigenvalue weighted by Gasteiger charge is -2.13. The van der Waals surface area contributed by atoms with Crippen molar-refractivity contribution in [2.24, 2.45) is 0 Å². The van der Waals surface area contributed by atoms with E-state index in [9.17, 15) is 9.90 Å². The molecular formula is C13H15N3O2S2. The molecular weight excluding hydrogens is 294 g/mol. The predicted molar refractivity (Wildman–Crippen MR) is 80.0 cm³/mol. The molecule has 2 aromatic heterocycles. The zero-order valence-corrected chi connectivity index (χ0v) is 12.9. The van der Waals surface area contributed by atoms with Gasteiger partial charge in [0.15, 0.2) is 5.13 Å². The van der Waals surface area contributed by atoms with Crippen LogP contribution < -0.4 is 4.90 Å². The van der Waals surface area contributed by atoms with Crippen LogP contribution in [0.3, 0.4) is 0 Å². The number of thiazole rings is 2. The van der Waals surface area contributed by atoms with E-state index in [1.807, 2.05) is 24.3 Å². The number of carbonyl (C=O) groups is 1. The first-order chi connectivity index (χ1) is 9.54. The second kappa shape index (κ2) is 5.14. The highest BCUT2D eigenvalue weighted by atomic mass is 32.1. The SMILES string of the molecule is Cc1nc(CN(C)c2nc(C3CC3)c(C(=O)O)s2)cs1. The van der Waals surface area contributed by atoms with Crippen molar-refractivity contribution in [1.29, 1.82) is 0 Å². The molecule has 3 rings (SSSR count). The van der Waals surface area contributed by atoms with Gasteiger partial charge in [0.25, 0.3) is 0 Å².